The molecule has 0 spiro atoms. The van der Waals surface area contributed by atoms with Gasteiger partial charge in [0.05, 0.1) is 24.5 Å². The first kappa shape index (κ1) is 20.7. The summed E-state index contributed by atoms with van der Waals surface area (Å²) in [5, 5.41) is 2.83. The van der Waals surface area contributed by atoms with Crippen LogP contribution in [0.2, 0.25) is 0 Å². The predicted octanol–water partition coefficient (Wildman–Crippen LogP) is 2.62. The zero-order valence-corrected chi connectivity index (χ0v) is 17.4. The van der Waals surface area contributed by atoms with Gasteiger partial charge in [-0.25, -0.2) is 0 Å². The topological polar surface area (TPSA) is 79.0 Å². The number of ether oxygens (including phenoxy) is 1. The molecule has 0 bridgehead atoms. The second kappa shape index (κ2) is 9.00. The number of nitrogens with zero attached hydrogens (tertiary/aromatic N) is 2. The van der Waals surface area contributed by atoms with Crippen molar-refractivity contribution in [2.24, 2.45) is 0 Å². The molecule has 0 saturated heterocycles. The fourth-order valence-electron chi connectivity index (χ4n) is 3.14. The predicted molar refractivity (Wildman–Crippen MR) is 113 cm³/mol. The summed E-state index contributed by atoms with van der Waals surface area (Å²) in [4.78, 5) is 41.1. The molecule has 3 amide bonds. The van der Waals surface area contributed by atoms with Crippen LogP contribution in [0, 0.1) is 0 Å². The van der Waals surface area contributed by atoms with Crippen LogP contribution >= 0.6 is 11.8 Å². The van der Waals surface area contributed by atoms with Gasteiger partial charge < -0.3 is 19.9 Å². The summed E-state index contributed by atoms with van der Waals surface area (Å²) >= 11 is 1.53. The lowest BCUT2D eigenvalue weighted by Crippen LogP contribution is -2.51. The Hall–Kier alpha value is -3.00. The summed E-state index contributed by atoms with van der Waals surface area (Å²) in [7, 11) is 1.55. The monoisotopic (exact) mass is 413 g/mol. The van der Waals surface area contributed by atoms with Crippen LogP contribution in [0.5, 0.6) is 5.75 Å². The number of carbonyl (C=O) groups excluding carboxylic acids is 3. The van der Waals surface area contributed by atoms with Crippen LogP contribution in [0.1, 0.15) is 6.92 Å². The zero-order chi connectivity index (χ0) is 21.0. The van der Waals surface area contributed by atoms with Gasteiger partial charge in [-0.15, -0.1) is 11.8 Å². The number of benzene rings is 2. The molecule has 1 aliphatic rings. The molecule has 0 fully saturated rings. The maximum absolute atomic E-state index is 12.9. The lowest BCUT2D eigenvalue weighted by atomic mass is 10.1. The molecular weight excluding hydrogens is 390 g/mol. The zero-order valence-electron chi connectivity index (χ0n) is 16.5. The molecule has 0 aromatic heterocycles. The molecular formula is C21H23N3O4S. The summed E-state index contributed by atoms with van der Waals surface area (Å²) in [6, 6.07) is 14.6. The van der Waals surface area contributed by atoms with E-state index in [0.717, 1.165) is 4.90 Å². The number of carbonyl (C=O) groups is 3. The molecule has 8 heteroatoms. The second-order valence-corrected chi connectivity index (χ2v) is 7.49. The number of anilines is 2. The molecule has 0 radical (unpaired) electrons. The van der Waals surface area contributed by atoms with Gasteiger partial charge in [0.1, 0.15) is 5.75 Å². The average molecular weight is 413 g/mol. The third-order valence-electron chi connectivity index (χ3n) is 4.57. The van der Waals surface area contributed by atoms with Crippen molar-refractivity contribution >= 4 is 40.9 Å². The van der Waals surface area contributed by atoms with E-state index in [-0.39, 0.29) is 30.8 Å². The fourth-order valence-corrected chi connectivity index (χ4v) is 3.69. The Morgan fingerprint density at radius 2 is 1.86 bits per heavy atom. The Morgan fingerprint density at radius 3 is 2.59 bits per heavy atom. The van der Waals surface area contributed by atoms with Gasteiger partial charge in [0.15, 0.2) is 6.10 Å². The number of likely N-dealkylation sites (N-methyl/N-ethyl adjacent to an activating group) is 1. The van der Waals surface area contributed by atoms with Crippen LogP contribution < -0.4 is 15.0 Å². The van der Waals surface area contributed by atoms with Crippen molar-refractivity contribution in [3.8, 4) is 5.75 Å². The highest BCUT2D eigenvalue weighted by atomic mass is 32.2. The summed E-state index contributed by atoms with van der Waals surface area (Å²) in [5.74, 6) is -0.368. The van der Waals surface area contributed by atoms with E-state index in [1.807, 2.05) is 36.6 Å². The van der Waals surface area contributed by atoms with Crippen LogP contribution in [-0.2, 0) is 14.4 Å². The van der Waals surface area contributed by atoms with Gasteiger partial charge >= 0.3 is 0 Å². The highest BCUT2D eigenvalue weighted by molar-refractivity contribution is 7.98. The minimum atomic E-state index is -0.870. The number of amides is 3. The summed E-state index contributed by atoms with van der Waals surface area (Å²) in [6.07, 6.45) is 1.06. The molecule has 152 valence electrons. The van der Waals surface area contributed by atoms with Crippen molar-refractivity contribution in [2.45, 2.75) is 17.9 Å². The Balaban J connectivity index is 1.67. The van der Waals surface area contributed by atoms with E-state index in [1.54, 1.807) is 25.2 Å². The first-order valence-corrected chi connectivity index (χ1v) is 10.3. The second-order valence-electron chi connectivity index (χ2n) is 6.65. The van der Waals surface area contributed by atoms with Crippen molar-refractivity contribution < 1.29 is 19.1 Å². The summed E-state index contributed by atoms with van der Waals surface area (Å²) in [5.41, 5.74) is 1.34. The van der Waals surface area contributed by atoms with Crippen LogP contribution in [0.15, 0.2) is 53.4 Å². The SMILES string of the molecule is CSc1ccccc1NC(=O)CN(C)C(=O)[C@H]1CN(C(C)=O)c2ccccc2O1. The molecule has 1 atom stereocenters. The average Bonchev–Trinajstić information content (AvgIpc) is 2.72. The first-order chi connectivity index (χ1) is 13.9. The van der Waals surface area contributed by atoms with Crippen molar-refractivity contribution in [1.82, 2.24) is 4.90 Å². The van der Waals surface area contributed by atoms with E-state index in [0.29, 0.717) is 17.1 Å². The van der Waals surface area contributed by atoms with Crippen LogP contribution in [-0.4, -0.2) is 55.1 Å². The fraction of sp³-hybridized carbons (Fsp3) is 0.286. The van der Waals surface area contributed by atoms with Crippen molar-refractivity contribution in [3.05, 3.63) is 48.5 Å². The minimum absolute atomic E-state index is 0.104. The molecule has 7 nitrogen and oxygen atoms in total. The highest BCUT2D eigenvalue weighted by Crippen LogP contribution is 2.33. The molecule has 1 aliphatic heterocycles. The molecule has 3 rings (SSSR count). The van der Waals surface area contributed by atoms with Crippen molar-refractivity contribution in [2.75, 3.05) is 36.6 Å². The smallest absolute Gasteiger partial charge is 0.265 e. The maximum atomic E-state index is 12.9. The number of nitrogens with one attached hydrogen (secondary N) is 1. The largest absolute Gasteiger partial charge is 0.476 e. The van der Waals surface area contributed by atoms with E-state index in [9.17, 15) is 14.4 Å². The number of hydrogen-bond acceptors (Lipinski definition) is 5. The van der Waals surface area contributed by atoms with Crippen molar-refractivity contribution in [3.63, 3.8) is 0 Å². The summed E-state index contributed by atoms with van der Waals surface area (Å²) in [6.45, 7) is 1.43. The van der Waals surface area contributed by atoms with Gasteiger partial charge in [0.2, 0.25) is 11.8 Å². The Morgan fingerprint density at radius 1 is 1.17 bits per heavy atom. The van der Waals surface area contributed by atoms with Crippen molar-refractivity contribution in [1.29, 1.82) is 0 Å². The summed E-state index contributed by atoms with van der Waals surface area (Å²) < 4.78 is 5.81. The molecule has 0 unspecified atom stereocenters. The number of hydrogen-bond donors (Lipinski definition) is 1. The lowest BCUT2D eigenvalue weighted by Gasteiger charge is -2.35. The molecule has 0 saturated carbocycles. The number of thioether (sulfide) groups is 1. The Bertz CT molecular complexity index is 934. The number of para-hydroxylation sites is 3. The minimum Gasteiger partial charge on any atom is -0.476 e. The third-order valence-corrected chi connectivity index (χ3v) is 5.36. The Labute approximate surface area is 174 Å². The standard InChI is InChI=1S/C21H23N3O4S/c1-14(25)24-12-18(28-17-10-6-5-9-16(17)24)21(27)23(2)13-20(26)22-15-8-4-7-11-19(15)29-3/h4-11,18H,12-13H2,1-3H3,(H,22,26)/t18-/m1/s1. The van der Waals surface area contributed by atoms with E-state index in [2.05, 4.69) is 5.32 Å². The van der Waals surface area contributed by atoms with Gasteiger partial charge in [-0.3, -0.25) is 14.4 Å². The highest BCUT2D eigenvalue weighted by Gasteiger charge is 2.34. The lowest BCUT2D eigenvalue weighted by molar-refractivity contribution is -0.139. The van der Waals surface area contributed by atoms with Gasteiger partial charge in [-0.1, -0.05) is 24.3 Å². The quantitative estimate of drug-likeness (QED) is 0.763. The first-order valence-electron chi connectivity index (χ1n) is 9.12. The maximum Gasteiger partial charge on any atom is 0.265 e. The number of rotatable bonds is 5. The number of fused-ring (bicyclic) bond motifs is 1. The molecule has 0 aliphatic carbocycles. The van der Waals surface area contributed by atoms with Crippen LogP contribution in [0.3, 0.4) is 0 Å². The van der Waals surface area contributed by atoms with E-state index in [4.69, 9.17) is 4.74 Å². The molecule has 29 heavy (non-hydrogen) atoms. The normalized spacial score (nSPS) is 15.1. The van der Waals surface area contributed by atoms with E-state index in [1.165, 1.54) is 28.5 Å². The van der Waals surface area contributed by atoms with Crippen LogP contribution in [0.4, 0.5) is 11.4 Å². The molecule has 1 heterocycles. The van der Waals surface area contributed by atoms with Crippen LogP contribution in [0.25, 0.3) is 0 Å². The van der Waals surface area contributed by atoms with Gasteiger partial charge in [0.25, 0.3) is 5.91 Å². The van der Waals surface area contributed by atoms with Gasteiger partial charge in [-0.05, 0) is 30.5 Å². The molecule has 2 aromatic rings. The van der Waals surface area contributed by atoms with E-state index < -0.39 is 6.10 Å². The Kier molecular flexibility index (Phi) is 6.43. The third kappa shape index (κ3) is 4.71. The molecule has 1 N–H and O–H groups in total. The molecule has 2 aromatic carbocycles. The van der Waals surface area contributed by atoms with Gasteiger partial charge in [0, 0.05) is 18.9 Å². The van der Waals surface area contributed by atoms with E-state index >= 15 is 0 Å². The van der Waals surface area contributed by atoms with Gasteiger partial charge in [-0.2, -0.15) is 0 Å².